The van der Waals surface area contributed by atoms with Crippen molar-refractivity contribution < 1.29 is 21.6 Å². The normalized spacial score (nSPS) is 18.1. The van der Waals surface area contributed by atoms with Crippen molar-refractivity contribution in [1.29, 1.82) is 0 Å². The van der Waals surface area contributed by atoms with Crippen LogP contribution in [0.15, 0.2) is 53.4 Å². The van der Waals surface area contributed by atoms with Gasteiger partial charge in [0.2, 0.25) is 20.0 Å². The van der Waals surface area contributed by atoms with Crippen molar-refractivity contribution in [2.45, 2.75) is 36.3 Å². The lowest BCUT2D eigenvalue weighted by molar-refractivity contribution is 0.102. The average molecular weight is 478 g/mol. The SMILES string of the molecule is O=C(Nc1ccc(S(=O)(=O)N2CCCC2)cc1)c1ccc(CS(=O)(=O)N2CCCC2)cc1. The number of hydrogen-bond acceptors (Lipinski definition) is 5. The van der Waals surface area contributed by atoms with Crippen LogP contribution in [0.3, 0.4) is 0 Å². The summed E-state index contributed by atoms with van der Waals surface area (Å²) >= 11 is 0. The Hall–Kier alpha value is -2.27. The Morgan fingerprint density at radius 1 is 0.750 bits per heavy atom. The summed E-state index contributed by atoms with van der Waals surface area (Å²) in [7, 11) is -6.83. The third kappa shape index (κ3) is 5.03. The summed E-state index contributed by atoms with van der Waals surface area (Å²) in [5, 5.41) is 2.75. The molecule has 0 saturated carbocycles. The summed E-state index contributed by atoms with van der Waals surface area (Å²) in [6.45, 7) is 2.22. The molecule has 32 heavy (non-hydrogen) atoms. The highest BCUT2D eigenvalue weighted by Crippen LogP contribution is 2.23. The van der Waals surface area contributed by atoms with Gasteiger partial charge in [-0.2, -0.15) is 4.31 Å². The fraction of sp³-hybridized carbons (Fsp3) is 0.409. The van der Waals surface area contributed by atoms with Crippen molar-refractivity contribution in [3.63, 3.8) is 0 Å². The van der Waals surface area contributed by atoms with E-state index in [1.165, 1.54) is 20.7 Å². The molecule has 4 rings (SSSR count). The lowest BCUT2D eigenvalue weighted by Crippen LogP contribution is -2.29. The predicted molar refractivity (Wildman–Crippen MR) is 122 cm³/mol. The predicted octanol–water partition coefficient (Wildman–Crippen LogP) is 2.65. The van der Waals surface area contributed by atoms with Crippen LogP contribution < -0.4 is 5.32 Å². The Balaban J connectivity index is 1.38. The van der Waals surface area contributed by atoms with E-state index in [2.05, 4.69) is 5.32 Å². The summed E-state index contributed by atoms with van der Waals surface area (Å²) in [5.74, 6) is -0.434. The van der Waals surface area contributed by atoms with Crippen molar-refractivity contribution in [2.75, 3.05) is 31.5 Å². The number of benzene rings is 2. The second-order valence-electron chi connectivity index (χ2n) is 8.15. The number of nitrogens with one attached hydrogen (secondary N) is 1. The van der Waals surface area contributed by atoms with Crippen LogP contribution in [0.1, 0.15) is 41.6 Å². The van der Waals surface area contributed by atoms with E-state index < -0.39 is 20.0 Å². The van der Waals surface area contributed by atoms with E-state index in [0.717, 1.165) is 25.7 Å². The quantitative estimate of drug-likeness (QED) is 0.660. The number of carbonyl (C=O) groups excluding carboxylic acids is 1. The van der Waals surface area contributed by atoms with Crippen LogP contribution >= 0.6 is 0 Å². The standard InChI is InChI=1S/C22H27N3O5S2/c26-22(19-7-5-18(6-8-19)17-31(27,28)24-13-1-2-14-24)23-20-9-11-21(12-10-20)32(29,30)25-15-3-4-16-25/h5-12H,1-4,13-17H2,(H,23,26). The molecule has 0 spiro atoms. The molecule has 8 nitrogen and oxygen atoms in total. The summed E-state index contributed by atoms with van der Waals surface area (Å²) in [6.07, 6.45) is 3.53. The third-order valence-corrected chi connectivity index (χ3v) is 9.60. The minimum Gasteiger partial charge on any atom is -0.322 e. The first-order chi connectivity index (χ1) is 15.3. The Kier molecular flexibility index (Phi) is 6.66. The molecule has 0 aliphatic carbocycles. The first-order valence-corrected chi connectivity index (χ1v) is 13.8. The first-order valence-electron chi connectivity index (χ1n) is 10.7. The van der Waals surface area contributed by atoms with Crippen molar-refractivity contribution in [3.05, 3.63) is 59.7 Å². The van der Waals surface area contributed by atoms with E-state index in [4.69, 9.17) is 0 Å². The van der Waals surface area contributed by atoms with Crippen LogP contribution in [-0.2, 0) is 25.8 Å². The van der Waals surface area contributed by atoms with E-state index in [0.29, 0.717) is 43.0 Å². The Labute approximate surface area is 189 Å². The van der Waals surface area contributed by atoms with Gasteiger partial charge in [0.1, 0.15) is 0 Å². The van der Waals surface area contributed by atoms with Gasteiger partial charge in [-0.3, -0.25) is 4.79 Å². The summed E-state index contributed by atoms with van der Waals surface area (Å²) in [6, 6.07) is 12.6. The van der Waals surface area contributed by atoms with Crippen molar-refractivity contribution in [1.82, 2.24) is 8.61 Å². The molecule has 0 aromatic heterocycles. The number of nitrogens with zero attached hydrogens (tertiary/aromatic N) is 2. The Morgan fingerprint density at radius 3 is 1.84 bits per heavy atom. The van der Waals surface area contributed by atoms with Gasteiger partial charge in [0.25, 0.3) is 5.91 Å². The maximum Gasteiger partial charge on any atom is 0.255 e. The van der Waals surface area contributed by atoms with E-state index in [1.54, 1.807) is 36.4 Å². The molecule has 0 radical (unpaired) electrons. The molecular weight excluding hydrogens is 450 g/mol. The smallest absolute Gasteiger partial charge is 0.255 e. The molecule has 2 fully saturated rings. The van der Waals surface area contributed by atoms with Gasteiger partial charge in [-0.25, -0.2) is 21.1 Å². The number of anilines is 1. The van der Waals surface area contributed by atoms with Crippen molar-refractivity contribution in [3.8, 4) is 0 Å². The molecular formula is C22H27N3O5S2. The molecule has 172 valence electrons. The van der Waals surface area contributed by atoms with Crippen LogP contribution in [-0.4, -0.2) is 57.5 Å². The average Bonchev–Trinajstić information content (AvgIpc) is 3.49. The van der Waals surface area contributed by atoms with E-state index in [9.17, 15) is 21.6 Å². The fourth-order valence-corrected chi connectivity index (χ4v) is 7.14. The third-order valence-electron chi connectivity index (χ3n) is 5.84. The highest BCUT2D eigenvalue weighted by Gasteiger charge is 2.27. The van der Waals surface area contributed by atoms with Crippen LogP contribution in [0.4, 0.5) is 5.69 Å². The highest BCUT2D eigenvalue weighted by molar-refractivity contribution is 7.89. The summed E-state index contributed by atoms with van der Waals surface area (Å²) < 4.78 is 53.1. The zero-order valence-corrected chi connectivity index (χ0v) is 19.4. The number of amides is 1. The number of carbonyl (C=O) groups is 1. The lowest BCUT2D eigenvalue weighted by atomic mass is 10.1. The van der Waals surface area contributed by atoms with Gasteiger partial charge in [-0.05, 0) is 67.6 Å². The summed E-state index contributed by atoms with van der Waals surface area (Å²) in [4.78, 5) is 12.8. The van der Waals surface area contributed by atoms with E-state index >= 15 is 0 Å². The molecule has 1 amide bonds. The van der Waals surface area contributed by atoms with Gasteiger partial charge in [-0.15, -0.1) is 0 Å². The second kappa shape index (κ2) is 9.30. The zero-order valence-electron chi connectivity index (χ0n) is 17.7. The van der Waals surface area contributed by atoms with Gasteiger partial charge >= 0.3 is 0 Å². The van der Waals surface area contributed by atoms with Gasteiger partial charge in [-0.1, -0.05) is 12.1 Å². The molecule has 2 aromatic rings. The van der Waals surface area contributed by atoms with Crippen LogP contribution in [0, 0.1) is 0 Å². The lowest BCUT2D eigenvalue weighted by Gasteiger charge is -2.16. The van der Waals surface area contributed by atoms with Crippen LogP contribution in [0.2, 0.25) is 0 Å². The maximum absolute atomic E-state index is 12.6. The highest BCUT2D eigenvalue weighted by atomic mass is 32.2. The molecule has 2 saturated heterocycles. The van der Waals surface area contributed by atoms with Gasteiger partial charge in [0, 0.05) is 37.4 Å². The summed E-state index contributed by atoms with van der Waals surface area (Å²) in [5.41, 5.74) is 1.50. The van der Waals surface area contributed by atoms with Gasteiger partial charge < -0.3 is 5.32 Å². The number of hydrogen-bond donors (Lipinski definition) is 1. The Bertz CT molecular complexity index is 1170. The number of sulfonamides is 2. The van der Waals surface area contributed by atoms with E-state index in [1.807, 2.05) is 0 Å². The van der Waals surface area contributed by atoms with Crippen molar-refractivity contribution in [2.24, 2.45) is 0 Å². The molecule has 2 aliphatic heterocycles. The maximum atomic E-state index is 12.6. The van der Waals surface area contributed by atoms with Crippen molar-refractivity contribution >= 4 is 31.6 Å². The molecule has 0 unspecified atom stereocenters. The second-order valence-corrected chi connectivity index (χ2v) is 12.1. The molecule has 2 aliphatic rings. The topological polar surface area (TPSA) is 104 Å². The fourth-order valence-electron chi connectivity index (χ4n) is 4.01. The van der Waals surface area contributed by atoms with Crippen LogP contribution in [0.25, 0.3) is 0 Å². The minimum atomic E-state index is -3.49. The number of rotatable bonds is 7. The van der Waals surface area contributed by atoms with Gasteiger partial charge in [0.15, 0.2) is 0 Å². The van der Waals surface area contributed by atoms with Crippen LogP contribution in [0.5, 0.6) is 0 Å². The Morgan fingerprint density at radius 2 is 1.28 bits per heavy atom. The monoisotopic (exact) mass is 477 g/mol. The minimum absolute atomic E-state index is 0.0815. The molecule has 2 aromatic carbocycles. The zero-order chi connectivity index (χ0) is 22.8. The largest absolute Gasteiger partial charge is 0.322 e. The van der Waals surface area contributed by atoms with Gasteiger partial charge in [0.05, 0.1) is 10.6 Å². The first kappa shape index (κ1) is 22.9. The molecule has 2 heterocycles. The molecule has 0 bridgehead atoms. The molecule has 10 heteroatoms. The molecule has 1 N–H and O–H groups in total. The van der Waals surface area contributed by atoms with E-state index in [-0.39, 0.29) is 16.6 Å². The molecule has 0 atom stereocenters.